The molecule has 6 nitrogen and oxygen atoms in total. The van der Waals surface area contributed by atoms with Crippen LogP contribution in [0.3, 0.4) is 0 Å². The van der Waals surface area contributed by atoms with E-state index in [0.717, 1.165) is 17.5 Å². The average molecular weight is 402 g/mol. The second kappa shape index (κ2) is 8.37. The Morgan fingerprint density at radius 3 is 2.50 bits per heavy atom. The van der Waals surface area contributed by atoms with Gasteiger partial charge in [-0.15, -0.1) is 0 Å². The summed E-state index contributed by atoms with van der Waals surface area (Å²) < 4.78 is 12.3. The fraction of sp³-hybridized carbons (Fsp3) is 0.208. The first-order valence-corrected chi connectivity index (χ1v) is 9.85. The van der Waals surface area contributed by atoms with E-state index < -0.39 is 12.0 Å². The van der Waals surface area contributed by atoms with Crippen molar-refractivity contribution in [2.45, 2.75) is 32.0 Å². The van der Waals surface area contributed by atoms with Gasteiger partial charge in [-0.05, 0) is 53.9 Å². The highest BCUT2D eigenvalue weighted by atomic mass is 16.5. The number of carbonyl (C=O) groups is 2. The first-order chi connectivity index (χ1) is 14.5. The highest BCUT2D eigenvalue weighted by Gasteiger charge is 2.26. The van der Waals surface area contributed by atoms with Crippen molar-refractivity contribution in [2.75, 3.05) is 0 Å². The summed E-state index contributed by atoms with van der Waals surface area (Å²) in [5, 5.41) is 0. The second-order valence-electron chi connectivity index (χ2n) is 7.20. The molecule has 0 saturated carbocycles. The topological polar surface area (TPSA) is 91.5 Å². The summed E-state index contributed by atoms with van der Waals surface area (Å²) in [5.74, 6) is 0.736. The van der Waals surface area contributed by atoms with Gasteiger partial charge in [-0.25, -0.2) is 0 Å². The van der Waals surface area contributed by atoms with Crippen LogP contribution in [0.15, 0.2) is 67.0 Å². The van der Waals surface area contributed by atoms with Crippen LogP contribution in [0.2, 0.25) is 0 Å². The van der Waals surface area contributed by atoms with E-state index in [0.29, 0.717) is 29.0 Å². The molecular formula is C24H22N2O4. The Morgan fingerprint density at radius 1 is 1.13 bits per heavy atom. The molecule has 0 fully saturated rings. The molecule has 4 rings (SSSR count). The van der Waals surface area contributed by atoms with Gasteiger partial charge in [-0.3, -0.25) is 14.6 Å². The van der Waals surface area contributed by atoms with Crippen LogP contribution in [0.4, 0.5) is 0 Å². The highest BCUT2D eigenvalue weighted by molar-refractivity contribution is 6.00. The molecule has 6 heteroatoms. The molecule has 1 aromatic heterocycles. The van der Waals surface area contributed by atoms with E-state index in [-0.39, 0.29) is 11.9 Å². The summed E-state index contributed by atoms with van der Waals surface area (Å²) in [7, 11) is 0. The number of hydrogen-bond acceptors (Lipinski definition) is 5. The van der Waals surface area contributed by atoms with Gasteiger partial charge in [0.05, 0.1) is 5.56 Å². The first-order valence-electron chi connectivity index (χ1n) is 9.85. The molecule has 2 heterocycles. The molecule has 0 saturated heterocycles. The summed E-state index contributed by atoms with van der Waals surface area (Å²) in [6.45, 7) is 2.00. The highest BCUT2D eigenvalue weighted by Crippen LogP contribution is 2.35. The van der Waals surface area contributed by atoms with Crippen LogP contribution in [0.25, 0.3) is 0 Å². The van der Waals surface area contributed by atoms with Crippen molar-refractivity contribution >= 4 is 11.7 Å². The molecule has 30 heavy (non-hydrogen) atoms. The van der Waals surface area contributed by atoms with Crippen LogP contribution in [0.5, 0.6) is 11.5 Å². The van der Waals surface area contributed by atoms with Crippen LogP contribution in [0.1, 0.15) is 57.7 Å². The SMILES string of the molecule is CC[C@@H]1CC(=O)c2ccc(O[C@@H](c3ccncc3)c3ccc(C(N)=O)cc3)cc2O1. The van der Waals surface area contributed by atoms with E-state index in [2.05, 4.69) is 4.98 Å². The monoisotopic (exact) mass is 402 g/mol. The predicted octanol–water partition coefficient (Wildman–Crippen LogP) is 4.09. The number of primary amides is 1. The van der Waals surface area contributed by atoms with Crippen molar-refractivity contribution in [1.29, 1.82) is 0 Å². The fourth-order valence-electron chi connectivity index (χ4n) is 3.49. The van der Waals surface area contributed by atoms with Gasteiger partial charge in [0.15, 0.2) is 5.78 Å². The lowest BCUT2D eigenvalue weighted by molar-refractivity contribution is 0.0844. The Hall–Kier alpha value is -3.67. The van der Waals surface area contributed by atoms with Crippen LogP contribution in [-0.2, 0) is 0 Å². The Labute approximate surface area is 174 Å². The number of benzene rings is 2. The number of ketones is 1. The van der Waals surface area contributed by atoms with E-state index in [1.807, 2.05) is 31.2 Å². The van der Waals surface area contributed by atoms with Gasteiger partial charge >= 0.3 is 0 Å². The number of hydrogen-bond donors (Lipinski definition) is 1. The maximum atomic E-state index is 12.4. The number of Topliss-reactive ketones (excluding diaryl/α,β-unsaturated/α-hetero) is 1. The molecule has 1 aliphatic rings. The molecule has 3 aromatic rings. The van der Waals surface area contributed by atoms with Gasteiger partial charge in [0.25, 0.3) is 0 Å². The van der Waals surface area contributed by atoms with Crippen LogP contribution in [-0.4, -0.2) is 22.8 Å². The summed E-state index contributed by atoms with van der Waals surface area (Å²) in [5.41, 5.74) is 8.12. The van der Waals surface area contributed by atoms with Crippen LogP contribution < -0.4 is 15.2 Å². The lowest BCUT2D eigenvalue weighted by Crippen LogP contribution is -2.26. The van der Waals surface area contributed by atoms with Crippen molar-refractivity contribution in [3.05, 3.63) is 89.2 Å². The largest absolute Gasteiger partial charge is 0.489 e. The molecular weight excluding hydrogens is 380 g/mol. The number of carbonyl (C=O) groups excluding carboxylic acids is 2. The zero-order chi connectivity index (χ0) is 21.1. The van der Waals surface area contributed by atoms with E-state index in [4.69, 9.17) is 15.2 Å². The van der Waals surface area contributed by atoms with Crippen molar-refractivity contribution < 1.29 is 19.1 Å². The Morgan fingerprint density at radius 2 is 1.83 bits per heavy atom. The van der Waals surface area contributed by atoms with E-state index >= 15 is 0 Å². The van der Waals surface area contributed by atoms with Crippen molar-refractivity contribution in [3.8, 4) is 11.5 Å². The molecule has 2 atom stereocenters. The number of amides is 1. The fourth-order valence-corrected chi connectivity index (χ4v) is 3.49. The van der Waals surface area contributed by atoms with E-state index in [1.54, 1.807) is 42.7 Å². The predicted molar refractivity (Wildman–Crippen MR) is 112 cm³/mol. The minimum absolute atomic E-state index is 0.0855. The lowest BCUT2D eigenvalue weighted by Gasteiger charge is -2.26. The lowest BCUT2D eigenvalue weighted by atomic mass is 9.99. The molecule has 2 aromatic carbocycles. The molecule has 0 bridgehead atoms. The molecule has 1 amide bonds. The third kappa shape index (κ3) is 4.03. The summed E-state index contributed by atoms with van der Waals surface area (Å²) in [4.78, 5) is 27.8. The van der Waals surface area contributed by atoms with Gasteiger partial charge in [0.1, 0.15) is 23.7 Å². The molecule has 1 aliphatic heterocycles. The second-order valence-corrected chi connectivity index (χ2v) is 7.20. The third-order valence-electron chi connectivity index (χ3n) is 5.18. The third-order valence-corrected chi connectivity index (χ3v) is 5.18. The minimum atomic E-state index is -0.482. The van der Waals surface area contributed by atoms with Gasteiger partial charge in [-0.1, -0.05) is 19.1 Å². The maximum Gasteiger partial charge on any atom is 0.248 e. The molecule has 0 aliphatic carbocycles. The van der Waals surface area contributed by atoms with Crippen LogP contribution in [0, 0.1) is 0 Å². The standard InChI is InChI=1S/C24H22N2O4/c1-2-18-13-21(27)20-8-7-19(14-22(20)29-18)30-23(16-9-11-26-12-10-16)15-3-5-17(6-4-15)24(25)28/h3-12,14,18,23H,2,13H2,1H3,(H2,25,28)/t18-,23-/m1/s1. The molecule has 152 valence electrons. The first kappa shape index (κ1) is 19.6. The number of rotatable bonds is 6. The number of pyridine rings is 1. The van der Waals surface area contributed by atoms with Crippen molar-refractivity contribution in [2.24, 2.45) is 5.73 Å². The maximum absolute atomic E-state index is 12.4. The Balaban J connectivity index is 1.67. The minimum Gasteiger partial charge on any atom is -0.489 e. The zero-order valence-electron chi connectivity index (χ0n) is 16.6. The smallest absolute Gasteiger partial charge is 0.248 e. The molecule has 0 unspecified atom stereocenters. The molecule has 0 spiro atoms. The van der Waals surface area contributed by atoms with Gasteiger partial charge in [-0.2, -0.15) is 0 Å². The number of nitrogens with zero attached hydrogens (tertiary/aromatic N) is 1. The summed E-state index contributed by atoms with van der Waals surface area (Å²) in [6.07, 6.45) is 4.01. The number of ether oxygens (including phenoxy) is 2. The molecule has 0 radical (unpaired) electrons. The summed E-state index contributed by atoms with van der Waals surface area (Å²) in [6, 6.07) is 16.0. The van der Waals surface area contributed by atoms with Gasteiger partial charge in [0, 0.05) is 30.4 Å². The van der Waals surface area contributed by atoms with Crippen LogP contribution >= 0.6 is 0 Å². The normalized spacial score (nSPS) is 16.3. The average Bonchev–Trinajstić information content (AvgIpc) is 2.77. The zero-order valence-corrected chi connectivity index (χ0v) is 16.6. The number of aromatic nitrogens is 1. The van der Waals surface area contributed by atoms with Gasteiger partial charge in [0.2, 0.25) is 5.91 Å². The van der Waals surface area contributed by atoms with Crippen molar-refractivity contribution in [3.63, 3.8) is 0 Å². The van der Waals surface area contributed by atoms with Crippen molar-refractivity contribution in [1.82, 2.24) is 4.98 Å². The van der Waals surface area contributed by atoms with E-state index in [9.17, 15) is 9.59 Å². The molecule has 2 N–H and O–H groups in total. The number of fused-ring (bicyclic) bond motifs is 1. The Kier molecular flexibility index (Phi) is 5.48. The quantitative estimate of drug-likeness (QED) is 0.670. The van der Waals surface area contributed by atoms with E-state index in [1.165, 1.54) is 0 Å². The Bertz CT molecular complexity index is 1060. The van der Waals surface area contributed by atoms with Gasteiger partial charge < -0.3 is 15.2 Å². The number of nitrogens with two attached hydrogens (primary N) is 1. The summed E-state index contributed by atoms with van der Waals surface area (Å²) >= 11 is 0.